The van der Waals surface area contributed by atoms with E-state index in [0.717, 1.165) is 0 Å². The van der Waals surface area contributed by atoms with Gasteiger partial charge in [0.05, 0.1) is 25.2 Å². The van der Waals surface area contributed by atoms with Crippen molar-refractivity contribution in [2.75, 3.05) is 19.9 Å². The number of carbonyl (C=O) groups is 2. The van der Waals surface area contributed by atoms with Crippen LogP contribution in [-0.4, -0.2) is 63.9 Å². The number of hydrogen-bond acceptors (Lipinski definition) is 5. The second-order valence-electron chi connectivity index (χ2n) is 7.63. The summed E-state index contributed by atoms with van der Waals surface area (Å²) in [6, 6.07) is 0. The highest BCUT2D eigenvalue weighted by molar-refractivity contribution is 7.77. The van der Waals surface area contributed by atoms with Crippen LogP contribution < -0.4 is 0 Å². The lowest BCUT2D eigenvalue weighted by Gasteiger charge is -2.26. The molecule has 0 saturated heterocycles. The molecule has 0 heterocycles. The van der Waals surface area contributed by atoms with Crippen LogP contribution in [0, 0.1) is 11.3 Å². The van der Waals surface area contributed by atoms with E-state index in [0.29, 0.717) is 13.0 Å². The van der Waals surface area contributed by atoms with E-state index in [1.807, 2.05) is 13.8 Å². The molecule has 0 spiro atoms. The summed E-state index contributed by atoms with van der Waals surface area (Å²) in [5.41, 5.74) is -0.782. The first-order valence-electron chi connectivity index (χ1n) is 9.02. The molecule has 27 heavy (non-hydrogen) atoms. The second-order valence-corrected chi connectivity index (χ2v) is 10.3. The van der Waals surface area contributed by atoms with Crippen LogP contribution in [0.1, 0.15) is 47.0 Å². The third-order valence-electron chi connectivity index (χ3n) is 4.00. The standard InChI is InChI=1S/C18H32B2O5P2/c1-13(2)16(25-27(6)20)11-14(21)10-15(22)12-17(23)18(3,4)8-7-9-24-26(5)19/h7-8,13-14,16,21H,9-12H2,1-6H3/b8-7+/t14-,16+,26?,27?/m0/s1. The van der Waals surface area contributed by atoms with Gasteiger partial charge in [0.2, 0.25) is 0 Å². The number of aliphatic hydroxyl groups is 1. The first-order chi connectivity index (χ1) is 12.3. The Kier molecular flexibility index (Phi) is 13.2. The van der Waals surface area contributed by atoms with Crippen LogP contribution in [0.4, 0.5) is 0 Å². The van der Waals surface area contributed by atoms with Crippen LogP contribution >= 0.6 is 16.1 Å². The number of rotatable bonds is 14. The zero-order valence-corrected chi connectivity index (χ0v) is 19.1. The Labute approximate surface area is 169 Å². The van der Waals surface area contributed by atoms with Gasteiger partial charge in [-0.2, -0.15) is 0 Å². The van der Waals surface area contributed by atoms with Crippen molar-refractivity contribution in [3.63, 3.8) is 0 Å². The number of Topliss-reactive ketones (excluding diaryl/α,β-unsaturated/α-hetero) is 2. The van der Waals surface area contributed by atoms with Crippen molar-refractivity contribution < 1.29 is 23.7 Å². The summed E-state index contributed by atoms with van der Waals surface area (Å²) in [6.07, 6.45) is 2.44. The molecule has 1 N–H and O–H groups in total. The molecule has 2 unspecified atom stereocenters. The summed E-state index contributed by atoms with van der Waals surface area (Å²) in [6.45, 7) is 11.4. The van der Waals surface area contributed by atoms with Crippen LogP contribution in [0.5, 0.6) is 0 Å². The number of ketones is 2. The minimum absolute atomic E-state index is 0.0687. The van der Waals surface area contributed by atoms with E-state index >= 15 is 0 Å². The maximum atomic E-state index is 12.4. The van der Waals surface area contributed by atoms with Crippen LogP contribution in [-0.2, 0) is 18.6 Å². The van der Waals surface area contributed by atoms with E-state index in [1.165, 1.54) is 0 Å². The van der Waals surface area contributed by atoms with Crippen molar-refractivity contribution in [2.24, 2.45) is 11.3 Å². The van der Waals surface area contributed by atoms with Gasteiger partial charge in [-0.25, -0.2) is 0 Å². The van der Waals surface area contributed by atoms with Gasteiger partial charge in [-0.1, -0.05) is 26.0 Å². The Morgan fingerprint density at radius 1 is 1.19 bits per heavy atom. The van der Waals surface area contributed by atoms with Gasteiger partial charge in [0, 0.05) is 18.3 Å². The van der Waals surface area contributed by atoms with Gasteiger partial charge in [-0.15, -0.1) is 0 Å². The molecule has 4 radical (unpaired) electrons. The van der Waals surface area contributed by atoms with Crippen molar-refractivity contribution in [3.05, 3.63) is 12.2 Å². The summed E-state index contributed by atoms with van der Waals surface area (Å²) in [7, 11) is 9.29. The molecule has 0 bridgehead atoms. The molecular weight excluding hydrogens is 380 g/mol. The lowest BCUT2D eigenvalue weighted by molar-refractivity contribution is -0.131. The van der Waals surface area contributed by atoms with Crippen molar-refractivity contribution in [1.82, 2.24) is 0 Å². The quantitative estimate of drug-likeness (QED) is 0.205. The molecule has 0 aliphatic carbocycles. The SMILES string of the molecule is [B]P(C)OC/C=C/C(C)(C)C(=O)CC(=O)C[C@H](O)C[C@@H](OP([B])C)C(C)C. The fourth-order valence-corrected chi connectivity index (χ4v) is 3.42. The van der Waals surface area contributed by atoms with E-state index in [1.54, 1.807) is 39.3 Å². The molecule has 0 aromatic carbocycles. The average molecular weight is 412 g/mol. The fraction of sp³-hybridized carbons (Fsp3) is 0.778. The van der Waals surface area contributed by atoms with Crippen molar-refractivity contribution >= 4 is 42.8 Å². The number of allylic oxidation sites excluding steroid dienone is 1. The molecule has 0 aliphatic heterocycles. The van der Waals surface area contributed by atoms with Crippen LogP contribution in [0.15, 0.2) is 12.2 Å². The predicted molar refractivity (Wildman–Crippen MR) is 116 cm³/mol. The third-order valence-corrected chi connectivity index (χ3v) is 5.16. The molecular formula is C18H32B2O5P2. The zero-order chi connectivity index (χ0) is 21.2. The Bertz CT molecular complexity index is 496. The summed E-state index contributed by atoms with van der Waals surface area (Å²) in [4.78, 5) is 24.6. The zero-order valence-electron chi connectivity index (χ0n) is 17.3. The Hall–Kier alpha value is -0.0501. The molecule has 5 nitrogen and oxygen atoms in total. The third kappa shape index (κ3) is 12.9. The van der Waals surface area contributed by atoms with Crippen molar-refractivity contribution in [1.29, 1.82) is 0 Å². The van der Waals surface area contributed by atoms with Crippen molar-refractivity contribution in [2.45, 2.75) is 59.2 Å². The average Bonchev–Trinajstić information content (AvgIpc) is 2.49. The molecule has 0 aromatic rings. The molecule has 150 valence electrons. The van der Waals surface area contributed by atoms with Gasteiger partial charge in [0.15, 0.2) is 0 Å². The smallest absolute Gasteiger partial charge is 0.149 e. The van der Waals surface area contributed by atoms with E-state index in [2.05, 4.69) is 0 Å². The van der Waals surface area contributed by atoms with Crippen LogP contribution in [0.3, 0.4) is 0 Å². The highest BCUT2D eigenvalue weighted by atomic mass is 31.1. The molecule has 0 fully saturated rings. The second kappa shape index (κ2) is 13.2. The number of hydrogen-bond donors (Lipinski definition) is 1. The van der Waals surface area contributed by atoms with Gasteiger partial charge in [-0.3, -0.25) is 9.59 Å². The highest BCUT2D eigenvalue weighted by Crippen LogP contribution is 2.32. The maximum Gasteiger partial charge on any atom is 0.149 e. The summed E-state index contributed by atoms with van der Waals surface area (Å²) < 4.78 is 10.9. The van der Waals surface area contributed by atoms with Gasteiger partial charge >= 0.3 is 0 Å². The molecule has 4 atom stereocenters. The van der Waals surface area contributed by atoms with E-state index < -0.39 is 27.6 Å². The Morgan fingerprint density at radius 2 is 1.78 bits per heavy atom. The molecule has 0 aromatic heterocycles. The first kappa shape index (κ1) is 26.9. The topological polar surface area (TPSA) is 72.8 Å². The molecule has 0 amide bonds. The lowest BCUT2D eigenvalue weighted by atomic mass is 9.84. The summed E-state index contributed by atoms with van der Waals surface area (Å²) in [5.74, 6) is -0.301. The van der Waals surface area contributed by atoms with Gasteiger partial charge in [-0.05, 0) is 49.1 Å². The predicted octanol–water partition coefficient (Wildman–Crippen LogP) is 3.52. The largest absolute Gasteiger partial charge is 0.393 e. The fourth-order valence-electron chi connectivity index (χ4n) is 2.34. The molecule has 9 heteroatoms. The first-order valence-corrected chi connectivity index (χ1v) is 12.6. The van der Waals surface area contributed by atoms with Gasteiger partial charge in [0.1, 0.15) is 26.7 Å². The van der Waals surface area contributed by atoms with Crippen LogP contribution in [0.2, 0.25) is 0 Å². The van der Waals surface area contributed by atoms with Crippen LogP contribution in [0.25, 0.3) is 0 Å². The number of carbonyl (C=O) groups excluding carboxylic acids is 2. The Balaban J connectivity index is 4.55. The summed E-state index contributed by atoms with van der Waals surface area (Å²) in [5, 5.41) is 10.2. The maximum absolute atomic E-state index is 12.4. The normalized spacial score (nSPS) is 17.0. The van der Waals surface area contributed by atoms with E-state index in [9.17, 15) is 14.7 Å². The van der Waals surface area contributed by atoms with Crippen molar-refractivity contribution in [3.8, 4) is 0 Å². The minimum atomic E-state index is -1.04. The lowest BCUT2D eigenvalue weighted by Crippen LogP contribution is -2.29. The summed E-state index contributed by atoms with van der Waals surface area (Å²) >= 11 is 0. The molecule has 0 rings (SSSR count). The highest BCUT2D eigenvalue weighted by Gasteiger charge is 2.28. The monoisotopic (exact) mass is 412 g/mol. The van der Waals surface area contributed by atoms with Gasteiger partial charge < -0.3 is 14.2 Å². The number of aliphatic hydroxyl groups excluding tert-OH is 1. The molecule has 0 aliphatic rings. The molecule has 0 saturated carbocycles. The van der Waals surface area contributed by atoms with Gasteiger partial charge in [0.25, 0.3) is 0 Å². The minimum Gasteiger partial charge on any atom is -0.393 e. The van der Waals surface area contributed by atoms with E-state index in [-0.39, 0.29) is 36.4 Å². The van der Waals surface area contributed by atoms with E-state index in [4.69, 9.17) is 24.2 Å². The Morgan fingerprint density at radius 3 is 2.26 bits per heavy atom.